The second-order valence-corrected chi connectivity index (χ2v) is 9.72. The highest BCUT2D eigenvalue weighted by atomic mass is 32.1. The number of nitro benzene ring substituents is 1. The number of benzene rings is 4. The SMILES string of the molecule is Nc1ccc2nc(Nc3ccccc3)sc2c1.O=[N+]([O-])c1ccc2nc(Nc3ccccc3)sc2c1. The number of thiazole rings is 2. The lowest BCUT2D eigenvalue weighted by Crippen LogP contribution is -1.87. The van der Waals surface area contributed by atoms with Gasteiger partial charge in [-0.05, 0) is 48.5 Å². The molecule has 8 nitrogen and oxygen atoms in total. The van der Waals surface area contributed by atoms with Gasteiger partial charge in [-0.15, -0.1) is 0 Å². The lowest BCUT2D eigenvalue weighted by Gasteiger charge is -1.99. The highest BCUT2D eigenvalue weighted by molar-refractivity contribution is 7.22. The van der Waals surface area contributed by atoms with Crippen LogP contribution in [0.2, 0.25) is 0 Å². The summed E-state index contributed by atoms with van der Waals surface area (Å²) in [5.74, 6) is 0. The molecule has 178 valence electrons. The summed E-state index contributed by atoms with van der Waals surface area (Å²) in [6.07, 6.45) is 0. The number of nitrogens with one attached hydrogen (secondary N) is 2. The van der Waals surface area contributed by atoms with E-state index in [2.05, 4.69) is 20.6 Å². The standard InChI is InChI=1S/C13H9N3O2S.C13H11N3S/c17-16(18)10-6-7-11-12(8-10)19-13(15-11)14-9-4-2-1-3-5-9;14-9-6-7-11-12(8-9)17-13(16-11)15-10-4-2-1-3-5-10/h1-8H,(H,14,15);1-8H,14H2,(H,15,16). The predicted molar refractivity (Wildman–Crippen MR) is 150 cm³/mol. The monoisotopic (exact) mass is 512 g/mol. The predicted octanol–water partition coefficient (Wildman–Crippen LogP) is 7.57. The van der Waals surface area contributed by atoms with Crippen LogP contribution >= 0.6 is 22.7 Å². The molecule has 0 aliphatic rings. The molecule has 0 saturated heterocycles. The van der Waals surface area contributed by atoms with Crippen LogP contribution in [0.5, 0.6) is 0 Å². The molecule has 0 aliphatic heterocycles. The van der Waals surface area contributed by atoms with Gasteiger partial charge in [-0.2, -0.15) is 0 Å². The van der Waals surface area contributed by atoms with Crippen LogP contribution in [0.4, 0.5) is 33.0 Å². The first kappa shape index (κ1) is 23.2. The Labute approximate surface area is 214 Å². The van der Waals surface area contributed by atoms with Gasteiger partial charge in [-0.3, -0.25) is 10.1 Å². The van der Waals surface area contributed by atoms with E-state index in [1.165, 1.54) is 17.4 Å². The van der Waals surface area contributed by atoms with Gasteiger partial charge >= 0.3 is 0 Å². The minimum absolute atomic E-state index is 0.0856. The fourth-order valence-electron chi connectivity index (χ4n) is 3.36. The summed E-state index contributed by atoms with van der Waals surface area (Å²) in [6, 6.07) is 30.1. The number of hydrogen-bond acceptors (Lipinski definition) is 9. The summed E-state index contributed by atoms with van der Waals surface area (Å²) >= 11 is 3.00. The third-order valence-corrected chi connectivity index (χ3v) is 6.91. The Bertz CT molecular complexity index is 1630. The first-order valence-corrected chi connectivity index (χ1v) is 12.5. The van der Waals surface area contributed by atoms with Gasteiger partial charge in [0.2, 0.25) is 0 Å². The Kier molecular flexibility index (Phi) is 6.69. The maximum Gasteiger partial charge on any atom is 0.270 e. The number of aromatic nitrogens is 2. The molecule has 0 unspecified atom stereocenters. The van der Waals surface area contributed by atoms with Crippen molar-refractivity contribution in [2.45, 2.75) is 0 Å². The van der Waals surface area contributed by atoms with E-state index < -0.39 is 4.92 Å². The Hall–Kier alpha value is -4.54. The fraction of sp³-hybridized carbons (Fsp3) is 0. The fourth-order valence-corrected chi connectivity index (χ4v) is 5.22. The Morgan fingerprint density at radius 2 is 1.19 bits per heavy atom. The summed E-state index contributed by atoms with van der Waals surface area (Å²) < 4.78 is 1.90. The maximum absolute atomic E-state index is 10.7. The number of nitrogens with two attached hydrogens (primary N) is 1. The molecule has 0 atom stereocenters. The Morgan fingerprint density at radius 1 is 0.694 bits per heavy atom. The van der Waals surface area contributed by atoms with Gasteiger partial charge in [-0.1, -0.05) is 59.1 Å². The molecule has 0 saturated carbocycles. The molecule has 10 heteroatoms. The van der Waals surface area contributed by atoms with Crippen LogP contribution in [0.15, 0.2) is 97.1 Å². The normalized spacial score (nSPS) is 10.6. The molecule has 0 aliphatic carbocycles. The number of nitro groups is 1. The molecular weight excluding hydrogens is 492 g/mol. The van der Waals surface area contributed by atoms with Gasteiger partial charge in [0, 0.05) is 29.2 Å². The number of rotatable bonds is 5. The number of para-hydroxylation sites is 2. The second kappa shape index (κ2) is 10.4. The number of hydrogen-bond donors (Lipinski definition) is 3. The van der Waals surface area contributed by atoms with E-state index in [1.807, 2.05) is 78.9 Å². The molecule has 0 bridgehead atoms. The van der Waals surface area contributed by atoms with Crippen molar-refractivity contribution in [2.75, 3.05) is 16.4 Å². The molecule has 0 radical (unpaired) electrons. The van der Waals surface area contributed by atoms with Gasteiger partial charge in [-0.25, -0.2) is 9.97 Å². The largest absolute Gasteiger partial charge is 0.399 e. The quantitative estimate of drug-likeness (QED) is 0.124. The zero-order chi connectivity index (χ0) is 24.9. The summed E-state index contributed by atoms with van der Waals surface area (Å²) in [4.78, 5) is 19.2. The van der Waals surface area contributed by atoms with Crippen molar-refractivity contribution in [3.05, 3.63) is 107 Å². The van der Waals surface area contributed by atoms with E-state index >= 15 is 0 Å². The van der Waals surface area contributed by atoms with E-state index in [-0.39, 0.29) is 5.69 Å². The number of anilines is 5. The highest BCUT2D eigenvalue weighted by Crippen LogP contribution is 2.31. The first-order valence-electron chi connectivity index (χ1n) is 10.9. The molecule has 0 spiro atoms. The van der Waals surface area contributed by atoms with Crippen LogP contribution in [0.1, 0.15) is 0 Å². The van der Waals surface area contributed by atoms with Crippen LogP contribution in [0.25, 0.3) is 20.4 Å². The summed E-state index contributed by atoms with van der Waals surface area (Å²) in [5.41, 5.74) is 10.3. The van der Waals surface area contributed by atoms with Crippen molar-refractivity contribution in [2.24, 2.45) is 0 Å². The van der Waals surface area contributed by atoms with Gasteiger partial charge in [0.15, 0.2) is 10.3 Å². The molecule has 2 aromatic heterocycles. The lowest BCUT2D eigenvalue weighted by molar-refractivity contribution is -0.384. The molecule has 2 heterocycles. The number of nitrogens with zero attached hydrogens (tertiary/aromatic N) is 3. The van der Waals surface area contributed by atoms with Crippen LogP contribution in [0, 0.1) is 10.1 Å². The molecule has 4 N–H and O–H groups in total. The Morgan fingerprint density at radius 3 is 1.72 bits per heavy atom. The van der Waals surface area contributed by atoms with Crippen molar-refractivity contribution in [1.29, 1.82) is 0 Å². The average Bonchev–Trinajstić information content (AvgIpc) is 3.47. The second-order valence-electron chi connectivity index (χ2n) is 7.66. The maximum atomic E-state index is 10.7. The number of nitrogen functional groups attached to an aromatic ring is 1. The summed E-state index contributed by atoms with van der Waals surface area (Å²) in [5, 5.41) is 18.8. The lowest BCUT2D eigenvalue weighted by atomic mass is 10.3. The highest BCUT2D eigenvalue weighted by Gasteiger charge is 2.10. The Balaban J connectivity index is 0.000000149. The number of fused-ring (bicyclic) bond motifs is 2. The summed E-state index contributed by atoms with van der Waals surface area (Å²) in [6.45, 7) is 0. The third kappa shape index (κ3) is 5.57. The van der Waals surface area contributed by atoms with E-state index in [4.69, 9.17) is 5.73 Å². The van der Waals surface area contributed by atoms with Crippen LogP contribution in [-0.4, -0.2) is 14.9 Å². The smallest absolute Gasteiger partial charge is 0.270 e. The zero-order valence-corrected chi connectivity index (χ0v) is 20.4. The molecule has 4 aromatic carbocycles. The van der Waals surface area contributed by atoms with E-state index in [0.29, 0.717) is 0 Å². The zero-order valence-electron chi connectivity index (χ0n) is 18.8. The van der Waals surface area contributed by atoms with Crippen molar-refractivity contribution < 1.29 is 4.92 Å². The van der Waals surface area contributed by atoms with Crippen LogP contribution in [0.3, 0.4) is 0 Å². The average molecular weight is 513 g/mol. The van der Waals surface area contributed by atoms with Crippen LogP contribution < -0.4 is 16.4 Å². The molecule has 0 fully saturated rings. The molecular formula is C26H20N6O2S2. The third-order valence-electron chi connectivity index (χ3n) is 5.05. The van der Waals surface area contributed by atoms with Crippen LogP contribution in [-0.2, 0) is 0 Å². The first-order chi connectivity index (χ1) is 17.5. The van der Waals surface area contributed by atoms with Crippen molar-refractivity contribution in [3.63, 3.8) is 0 Å². The topological polar surface area (TPSA) is 119 Å². The van der Waals surface area contributed by atoms with Crippen molar-refractivity contribution >= 4 is 76.1 Å². The summed E-state index contributed by atoms with van der Waals surface area (Å²) in [7, 11) is 0. The van der Waals surface area contributed by atoms with E-state index in [9.17, 15) is 10.1 Å². The van der Waals surface area contributed by atoms with Gasteiger partial charge in [0.1, 0.15) is 0 Å². The van der Waals surface area contributed by atoms with Gasteiger partial charge in [0.05, 0.1) is 25.4 Å². The molecule has 6 aromatic rings. The minimum Gasteiger partial charge on any atom is -0.399 e. The van der Waals surface area contributed by atoms with E-state index in [1.54, 1.807) is 23.5 Å². The molecule has 36 heavy (non-hydrogen) atoms. The van der Waals surface area contributed by atoms with Gasteiger partial charge < -0.3 is 16.4 Å². The molecule has 0 amide bonds. The van der Waals surface area contributed by atoms with Gasteiger partial charge in [0.25, 0.3) is 5.69 Å². The number of non-ortho nitro benzene ring substituents is 1. The molecule has 6 rings (SSSR count). The van der Waals surface area contributed by atoms with E-state index in [0.717, 1.165) is 47.8 Å². The van der Waals surface area contributed by atoms with Crippen molar-refractivity contribution in [1.82, 2.24) is 9.97 Å². The minimum atomic E-state index is -0.399. The van der Waals surface area contributed by atoms with Crippen molar-refractivity contribution in [3.8, 4) is 0 Å².